The normalized spacial score (nSPS) is 18.6. The van der Waals surface area contributed by atoms with E-state index < -0.39 is 9.84 Å². The second-order valence-electron chi connectivity index (χ2n) is 11.2. The summed E-state index contributed by atoms with van der Waals surface area (Å²) < 4.78 is 23.4. The van der Waals surface area contributed by atoms with E-state index in [1.54, 1.807) is 24.3 Å². The monoisotopic (exact) mass is 553 g/mol. The van der Waals surface area contributed by atoms with Crippen molar-refractivity contribution in [3.63, 3.8) is 0 Å². The van der Waals surface area contributed by atoms with Crippen molar-refractivity contribution in [2.45, 2.75) is 81.8 Å². The van der Waals surface area contributed by atoms with Crippen molar-refractivity contribution in [3.8, 4) is 0 Å². The van der Waals surface area contributed by atoms with Gasteiger partial charge in [-0.05, 0) is 69.2 Å². The molecule has 39 heavy (non-hydrogen) atoms. The molecule has 1 aliphatic carbocycles. The van der Waals surface area contributed by atoms with Crippen LogP contribution < -0.4 is 5.32 Å². The molecule has 1 saturated carbocycles. The smallest absolute Gasteiger partial charge is 0.227 e. The van der Waals surface area contributed by atoms with Crippen molar-refractivity contribution in [1.82, 2.24) is 15.1 Å². The van der Waals surface area contributed by atoms with Crippen LogP contribution in [0.2, 0.25) is 0 Å². The first-order valence-corrected chi connectivity index (χ1v) is 16.2. The molecule has 2 aliphatic rings. The van der Waals surface area contributed by atoms with Gasteiger partial charge in [-0.15, -0.1) is 0 Å². The lowest BCUT2D eigenvalue weighted by atomic mass is 9.84. The maximum atomic E-state index is 13.2. The molecule has 2 atom stereocenters. The van der Waals surface area contributed by atoms with Crippen LogP contribution in [-0.2, 0) is 25.8 Å². The third-order valence-electron chi connectivity index (χ3n) is 8.50. The second-order valence-corrected chi connectivity index (χ2v) is 13.2. The summed E-state index contributed by atoms with van der Waals surface area (Å²) in [5, 5.41) is 3.34. The molecule has 0 aromatic heterocycles. The molecular weight excluding hydrogens is 510 g/mol. The predicted octanol–water partition coefficient (Wildman–Crippen LogP) is 4.38. The van der Waals surface area contributed by atoms with Gasteiger partial charge in [0.1, 0.15) is 0 Å². The van der Waals surface area contributed by atoms with E-state index >= 15 is 0 Å². The lowest BCUT2D eigenvalue weighted by Crippen LogP contribution is -2.50. The topological polar surface area (TPSA) is 86.8 Å². The molecule has 2 aromatic carbocycles. The van der Waals surface area contributed by atoms with Crippen LogP contribution in [-0.4, -0.2) is 68.0 Å². The van der Waals surface area contributed by atoms with Crippen LogP contribution in [0.3, 0.4) is 0 Å². The Kier molecular flexibility index (Phi) is 9.83. The summed E-state index contributed by atoms with van der Waals surface area (Å²) in [6.45, 7) is 6.75. The van der Waals surface area contributed by atoms with Gasteiger partial charge in [0, 0.05) is 43.9 Å². The first kappa shape index (κ1) is 29.3. The summed E-state index contributed by atoms with van der Waals surface area (Å²) in [4.78, 5) is 30.7. The van der Waals surface area contributed by atoms with Gasteiger partial charge in [-0.25, -0.2) is 8.42 Å². The van der Waals surface area contributed by atoms with E-state index in [2.05, 4.69) is 29.3 Å². The van der Waals surface area contributed by atoms with Gasteiger partial charge in [-0.2, -0.15) is 0 Å². The molecule has 0 bridgehead atoms. The number of carbonyl (C=O) groups excluding carboxylic acids is 2. The fourth-order valence-corrected chi connectivity index (χ4v) is 6.45. The van der Waals surface area contributed by atoms with Crippen molar-refractivity contribution in [2.24, 2.45) is 5.92 Å². The molecule has 0 radical (unpaired) electrons. The molecule has 1 unspecified atom stereocenters. The van der Waals surface area contributed by atoms with Crippen LogP contribution in [0.25, 0.3) is 0 Å². The van der Waals surface area contributed by atoms with Crippen LogP contribution in [0.1, 0.15) is 69.5 Å². The Morgan fingerprint density at radius 1 is 1.00 bits per heavy atom. The van der Waals surface area contributed by atoms with E-state index in [-0.39, 0.29) is 41.1 Å². The number of hydrogen-bond acceptors (Lipinski definition) is 5. The quantitative estimate of drug-likeness (QED) is 0.446. The number of nitrogens with zero attached hydrogens (tertiary/aromatic N) is 2. The minimum atomic E-state index is -3.25. The second kappa shape index (κ2) is 13.1. The molecule has 7 nitrogen and oxygen atoms in total. The minimum absolute atomic E-state index is 0.00479. The fraction of sp³-hybridized carbons (Fsp3) is 0.548. The maximum Gasteiger partial charge on any atom is 0.227 e. The van der Waals surface area contributed by atoms with E-state index in [1.807, 2.05) is 30.0 Å². The van der Waals surface area contributed by atoms with Gasteiger partial charge in [0.25, 0.3) is 0 Å². The largest absolute Gasteiger partial charge is 0.349 e. The number of hydrogen-bond donors (Lipinski definition) is 1. The number of likely N-dealkylation sites (tertiary alicyclic amines) is 1. The molecule has 2 fully saturated rings. The third kappa shape index (κ3) is 7.70. The van der Waals surface area contributed by atoms with Crippen LogP contribution in [0.4, 0.5) is 0 Å². The lowest BCUT2D eigenvalue weighted by Gasteiger charge is -2.41. The van der Waals surface area contributed by atoms with Crippen molar-refractivity contribution >= 4 is 21.7 Å². The zero-order valence-electron chi connectivity index (χ0n) is 23.5. The molecule has 4 rings (SSSR count). The van der Waals surface area contributed by atoms with Crippen LogP contribution in [0, 0.1) is 5.92 Å². The first-order chi connectivity index (χ1) is 18.7. The third-order valence-corrected chi connectivity index (χ3v) is 9.63. The molecule has 2 aromatic rings. The standard InChI is InChI=1S/C31H43N3O4S/c1-4-34(30(35)22-24-13-15-28(16-14-24)39(3,37)38)27-17-19-33(20-18-27)23(2)21-29(25-9-6-5-7-10-25)32-31(36)26-11-8-12-26/h5-7,9-10,13-16,23,26-27,29H,4,8,11-12,17-22H2,1-3H3,(H,32,36)/t23?,29-/m0/s1. The van der Waals surface area contributed by atoms with E-state index in [0.717, 1.165) is 62.7 Å². The fourth-order valence-electron chi connectivity index (χ4n) is 5.82. The van der Waals surface area contributed by atoms with Crippen LogP contribution >= 0.6 is 0 Å². The van der Waals surface area contributed by atoms with E-state index in [4.69, 9.17) is 0 Å². The maximum absolute atomic E-state index is 13.2. The van der Waals surface area contributed by atoms with Crippen molar-refractivity contribution in [1.29, 1.82) is 0 Å². The van der Waals surface area contributed by atoms with Gasteiger partial charge in [0.2, 0.25) is 11.8 Å². The highest BCUT2D eigenvalue weighted by Gasteiger charge is 2.31. The molecule has 0 spiro atoms. The molecular formula is C31H43N3O4S. The molecule has 2 amide bonds. The number of likely N-dealkylation sites (N-methyl/N-ethyl adjacent to an activating group) is 1. The van der Waals surface area contributed by atoms with Crippen LogP contribution in [0.15, 0.2) is 59.5 Å². The number of nitrogens with one attached hydrogen (secondary N) is 1. The molecule has 1 N–H and O–H groups in total. The van der Waals surface area contributed by atoms with E-state index in [0.29, 0.717) is 12.6 Å². The molecule has 212 valence electrons. The van der Waals surface area contributed by atoms with Gasteiger partial charge < -0.3 is 15.1 Å². The summed E-state index contributed by atoms with van der Waals surface area (Å²) in [5.41, 5.74) is 1.98. The Bertz CT molecular complexity index is 1200. The molecule has 1 heterocycles. The van der Waals surface area contributed by atoms with Gasteiger partial charge in [-0.1, -0.05) is 48.9 Å². The van der Waals surface area contributed by atoms with Gasteiger partial charge in [0.15, 0.2) is 9.84 Å². The summed E-state index contributed by atoms with van der Waals surface area (Å²) in [6, 6.07) is 17.4. The van der Waals surface area contributed by atoms with Gasteiger partial charge in [-0.3, -0.25) is 9.59 Å². The van der Waals surface area contributed by atoms with E-state index in [9.17, 15) is 18.0 Å². The number of piperidine rings is 1. The predicted molar refractivity (Wildman–Crippen MR) is 154 cm³/mol. The number of amides is 2. The number of rotatable bonds is 11. The Balaban J connectivity index is 1.32. The highest BCUT2D eigenvalue weighted by molar-refractivity contribution is 7.90. The first-order valence-electron chi connectivity index (χ1n) is 14.3. The number of carbonyl (C=O) groups is 2. The highest BCUT2D eigenvalue weighted by atomic mass is 32.2. The average Bonchev–Trinajstić information content (AvgIpc) is 2.88. The number of sulfone groups is 1. The molecule has 8 heteroatoms. The average molecular weight is 554 g/mol. The van der Waals surface area contributed by atoms with Gasteiger partial charge in [0.05, 0.1) is 17.4 Å². The zero-order valence-corrected chi connectivity index (χ0v) is 24.3. The Morgan fingerprint density at radius 2 is 1.64 bits per heavy atom. The summed E-state index contributed by atoms with van der Waals surface area (Å²) in [7, 11) is -3.25. The zero-order chi connectivity index (χ0) is 28.0. The van der Waals surface area contributed by atoms with Crippen molar-refractivity contribution < 1.29 is 18.0 Å². The van der Waals surface area contributed by atoms with Crippen LogP contribution in [0.5, 0.6) is 0 Å². The summed E-state index contributed by atoms with van der Waals surface area (Å²) in [6.07, 6.45) is 7.28. The lowest BCUT2D eigenvalue weighted by molar-refractivity contribution is -0.133. The van der Waals surface area contributed by atoms with E-state index in [1.165, 1.54) is 6.26 Å². The highest BCUT2D eigenvalue weighted by Crippen LogP contribution is 2.29. The Hall–Kier alpha value is -2.71. The summed E-state index contributed by atoms with van der Waals surface area (Å²) in [5.74, 6) is 0.431. The number of benzene rings is 2. The minimum Gasteiger partial charge on any atom is -0.349 e. The van der Waals surface area contributed by atoms with Crippen molar-refractivity contribution in [2.75, 3.05) is 25.9 Å². The SMILES string of the molecule is CCN(C(=O)Cc1ccc(S(C)(=O)=O)cc1)C1CCN(C(C)C[C@H](NC(=O)C2CCC2)c2ccccc2)CC1. The molecule has 1 saturated heterocycles. The van der Waals surface area contributed by atoms with Gasteiger partial charge >= 0.3 is 0 Å². The Morgan fingerprint density at radius 3 is 2.18 bits per heavy atom. The van der Waals surface area contributed by atoms with Crippen molar-refractivity contribution in [3.05, 3.63) is 65.7 Å². The molecule has 1 aliphatic heterocycles. The summed E-state index contributed by atoms with van der Waals surface area (Å²) >= 11 is 0. The Labute approximate surface area is 233 Å².